The quantitative estimate of drug-likeness (QED) is 0.928. The van der Waals surface area contributed by atoms with Crippen LogP contribution in [0.4, 0.5) is 0 Å². The first-order valence-electron chi connectivity index (χ1n) is 8.07. The number of benzene rings is 2. The molecular formula is C19H26N2. The van der Waals surface area contributed by atoms with E-state index in [1.165, 1.54) is 29.2 Å². The van der Waals surface area contributed by atoms with Gasteiger partial charge in [-0.1, -0.05) is 49.4 Å². The SMILES string of the molecule is CC1CCN(C(C)(N)Cc2cccc3ccccc23)CC1. The first-order valence-corrected chi connectivity index (χ1v) is 8.07. The van der Waals surface area contributed by atoms with Crippen molar-refractivity contribution in [3.05, 3.63) is 48.0 Å². The molecule has 21 heavy (non-hydrogen) atoms. The molecule has 2 aromatic carbocycles. The molecule has 2 N–H and O–H groups in total. The molecule has 0 bridgehead atoms. The first-order chi connectivity index (χ1) is 10.1. The molecule has 1 aliphatic rings. The lowest BCUT2D eigenvalue weighted by molar-refractivity contribution is 0.0697. The largest absolute Gasteiger partial charge is 0.313 e. The zero-order chi connectivity index (χ0) is 14.9. The molecule has 1 atom stereocenters. The molecule has 0 spiro atoms. The Hall–Kier alpha value is -1.38. The van der Waals surface area contributed by atoms with E-state index in [2.05, 4.69) is 61.2 Å². The van der Waals surface area contributed by atoms with Gasteiger partial charge >= 0.3 is 0 Å². The summed E-state index contributed by atoms with van der Waals surface area (Å²) in [6.07, 6.45) is 3.44. The zero-order valence-corrected chi connectivity index (χ0v) is 13.2. The minimum absolute atomic E-state index is 0.260. The summed E-state index contributed by atoms with van der Waals surface area (Å²) in [5, 5.41) is 2.64. The van der Waals surface area contributed by atoms with Crippen LogP contribution >= 0.6 is 0 Å². The Morgan fingerprint density at radius 1 is 1.10 bits per heavy atom. The maximum Gasteiger partial charge on any atom is 0.0699 e. The van der Waals surface area contributed by atoms with E-state index in [0.29, 0.717) is 0 Å². The molecule has 1 fully saturated rings. The van der Waals surface area contributed by atoms with Crippen molar-refractivity contribution in [2.45, 2.75) is 38.8 Å². The molecule has 1 unspecified atom stereocenters. The first kappa shape index (κ1) is 14.6. The van der Waals surface area contributed by atoms with Crippen LogP contribution in [0, 0.1) is 5.92 Å². The second-order valence-electron chi connectivity index (χ2n) is 6.84. The Morgan fingerprint density at radius 2 is 1.76 bits per heavy atom. The van der Waals surface area contributed by atoms with Crippen LogP contribution in [0.1, 0.15) is 32.3 Å². The monoisotopic (exact) mass is 282 g/mol. The van der Waals surface area contributed by atoms with Crippen molar-refractivity contribution in [3.8, 4) is 0 Å². The highest BCUT2D eigenvalue weighted by molar-refractivity contribution is 5.85. The van der Waals surface area contributed by atoms with E-state index in [-0.39, 0.29) is 5.66 Å². The number of likely N-dealkylation sites (tertiary alicyclic amines) is 1. The fourth-order valence-electron chi connectivity index (χ4n) is 3.46. The van der Waals surface area contributed by atoms with Gasteiger partial charge in [-0.3, -0.25) is 4.90 Å². The molecular weight excluding hydrogens is 256 g/mol. The van der Waals surface area contributed by atoms with Crippen LogP contribution in [0.5, 0.6) is 0 Å². The number of hydrogen-bond donors (Lipinski definition) is 1. The highest BCUT2D eigenvalue weighted by Crippen LogP contribution is 2.26. The summed E-state index contributed by atoms with van der Waals surface area (Å²) in [5.41, 5.74) is 7.78. The normalized spacial score (nSPS) is 20.5. The average Bonchev–Trinajstić information content (AvgIpc) is 2.48. The number of piperidine rings is 1. The predicted molar refractivity (Wildman–Crippen MR) is 90.2 cm³/mol. The van der Waals surface area contributed by atoms with Crippen molar-refractivity contribution >= 4 is 10.8 Å². The van der Waals surface area contributed by atoms with Crippen molar-refractivity contribution in [2.75, 3.05) is 13.1 Å². The number of nitrogens with zero attached hydrogens (tertiary/aromatic N) is 1. The van der Waals surface area contributed by atoms with E-state index >= 15 is 0 Å². The minimum atomic E-state index is -0.260. The molecule has 0 aliphatic carbocycles. The third-order valence-corrected chi connectivity index (χ3v) is 4.93. The lowest BCUT2D eigenvalue weighted by Crippen LogP contribution is -2.57. The number of fused-ring (bicyclic) bond motifs is 1. The highest BCUT2D eigenvalue weighted by atomic mass is 15.3. The highest BCUT2D eigenvalue weighted by Gasteiger charge is 2.30. The second kappa shape index (κ2) is 5.78. The van der Waals surface area contributed by atoms with Gasteiger partial charge in [0.05, 0.1) is 5.66 Å². The van der Waals surface area contributed by atoms with Crippen molar-refractivity contribution < 1.29 is 0 Å². The van der Waals surface area contributed by atoms with Gasteiger partial charge in [0.15, 0.2) is 0 Å². The van der Waals surface area contributed by atoms with Crippen LogP contribution in [-0.4, -0.2) is 23.7 Å². The van der Waals surface area contributed by atoms with Crippen molar-refractivity contribution in [1.29, 1.82) is 0 Å². The zero-order valence-electron chi connectivity index (χ0n) is 13.2. The number of rotatable bonds is 3. The van der Waals surface area contributed by atoms with E-state index < -0.39 is 0 Å². The lowest BCUT2D eigenvalue weighted by atomic mass is 9.92. The Balaban J connectivity index is 1.83. The standard InChI is InChI=1S/C19H26N2/c1-15-10-12-21(13-11-15)19(2,20)14-17-8-5-7-16-6-3-4-9-18(16)17/h3-9,15H,10-14,20H2,1-2H3. The molecule has 2 heteroatoms. The Kier molecular flexibility index (Phi) is 4.01. The van der Waals surface area contributed by atoms with Crippen molar-refractivity contribution in [2.24, 2.45) is 11.7 Å². The van der Waals surface area contributed by atoms with E-state index in [1.54, 1.807) is 0 Å². The maximum atomic E-state index is 6.69. The second-order valence-corrected chi connectivity index (χ2v) is 6.84. The van der Waals surface area contributed by atoms with Crippen LogP contribution in [0.15, 0.2) is 42.5 Å². The van der Waals surface area contributed by atoms with Gasteiger partial charge in [-0.2, -0.15) is 0 Å². The van der Waals surface area contributed by atoms with Gasteiger partial charge in [-0.15, -0.1) is 0 Å². The topological polar surface area (TPSA) is 29.3 Å². The molecule has 0 aromatic heterocycles. The molecule has 0 saturated carbocycles. The lowest BCUT2D eigenvalue weighted by Gasteiger charge is -2.42. The summed E-state index contributed by atoms with van der Waals surface area (Å²) in [6.45, 7) is 6.78. The summed E-state index contributed by atoms with van der Waals surface area (Å²) in [7, 11) is 0. The number of nitrogens with two attached hydrogens (primary N) is 1. The van der Waals surface area contributed by atoms with Crippen LogP contribution in [0.3, 0.4) is 0 Å². The minimum Gasteiger partial charge on any atom is -0.313 e. The summed E-state index contributed by atoms with van der Waals surface area (Å²) < 4.78 is 0. The Morgan fingerprint density at radius 3 is 2.52 bits per heavy atom. The van der Waals surface area contributed by atoms with Gasteiger partial charge in [-0.05, 0) is 42.0 Å². The van der Waals surface area contributed by atoms with Crippen LogP contribution in [-0.2, 0) is 6.42 Å². The molecule has 3 rings (SSSR count). The summed E-state index contributed by atoms with van der Waals surface area (Å²) in [4.78, 5) is 2.47. The summed E-state index contributed by atoms with van der Waals surface area (Å²) >= 11 is 0. The van der Waals surface area contributed by atoms with E-state index in [0.717, 1.165) is 25.4 Å². The maximum absolute atomic E-state index is 6.69. The van der Waals surface area contributed by atoms with Crippen LogP contribution in [0.2, 0.25) is 0 Å². The van der Waals surface area contributed by atoms with Crippen molar-refractivity contribution in [3.63, 3.8) is 0 Å². The van der Waals surface area contributed by atoms with Gasteiger partial charge in [0.25, 0.3) is 0 Å². The molecule has 2 aromatic rings. The number of hydrogen-bond acceptors (Lipinski definition) is 2. The van der Waals surface area contributed by atoms with E-state index in [4.69, 9.17) is 5.73 Å². The molecule has 0 amide bonds. The predicted octanol–water partition coefficient (Wildman–Crippen LogP) is 3.79. The summed E-state index contributed by atoms with van der Waals surface area (Å²) in [5.74, 6) is 0.842. The van der Waals surface area contributed by atoms with Gasteiger partial charge < -0.3 is 5.73 Å². The van der Waals surface area contributed by atoms with Gasteiger partial charge in [0.2, 0.25) is 0 Å². The van der Waals surface area contributed by atoms with Gasteiger partial charge in [-0.25, -0.2) is 0 Å². The molecule has 1 saturated heterocycles. The van der Waals surface area contributed by atoms with Gasteiger partial charge in [0.1, 0.15) is 0 Å². The Labute approximate surface area is 127 Å². The third kappa shape index (κ3) is 3.12. The van der Waals surface area contributed by atoms with E-state index in [1.807, 2.05) is 0 Å². The third-order valence-electron chi connectivity index (χ3n) is 4.93. The Bertz CT molecular complexity index is 604. The molecule has 0 radical (unpaired) electrons. The summed E-state index contributed by atoms with van der Waals surface area (Å²) in [6, 6.07) is 15.1. The van der Waals surface area contributed by atoms with Gasteiger partial charge in [0, 0.05) is 19.5 Å². The molecule has 1 aliphatic heterocycles. The molecule has 2 nitrogen and oxygen atoms in total. The van der Waals surface area contributed by atoms with Crippen LogP contribution < -0.4 is 5.73 Å². The van der Waals surface area contributed by atoms with Crippen molar-refractivity contribution in [1.82, 2.24) is 4.90 Å². The van der Waals surface area contributed by atoms with Crippen LogP contribution in [0.25, 0.3) is 10.8 Å². The molecule has 112 valence electrons. The fourth-order valence-corrected chi connectivity index (χ4v) is 3.46. The smallest absolute Gasteiger partial charge is 0.0699 e. The fraction of sp³-hybridized carbons (Fsp3) is 0.474. The average molecular weight is 282 g/mol. The molecule has 1 heterocycles. The van der Waals surface area contributed by atoms with E-state index in [9.17, 15) is 0 Å².